The summed E-state index contributed by atoms with van der Waals surface area (Å²) in [6, 6.07) is 20.9. The molecule has 0 bridgehead atoms. The molecule has 0 atom stereocenters. The highest BCUT2D eigenvalue weighted by molar-refractivity contribution is 6.33. The first kappa shape index (κ1) is 18.0. The zero-order chi connectivity index (χ0) is 18.5. The summed E-state index contributed by atoms with van der Waals surface area (Å²) in [6.07, 6.45) is 0. The second-order valence-electron chi connectivity index (χ2n) is 6.05. The molecule has 0 fully saturated rings. The third-order valence-electron chi connectivity index (χ3n) is 4.23. The number of likely N-dealkylation sites (N-methyl/N-ethyl adjacent to an activating group) is 1. The molecule has 0 saturated carbocycles. The Morgan fingerprint density at radius 3 is 2.46 bits per heavy atom. The second kappa shape index (κ2) is 8.02. The van der Waals surface area contributed by atoms with E-state index in [0.717, 1.165) is 16.3 Å². The van der Waals surface area contributed by atoms with Gasteiger partial charge in [-0.2, -0.15) is 0 Å². The molecule has 3 rings (SSSR count). The molecule has 0 unspecified atom stereocenters. The van der Waals surface area contributed by atoms with Gasteiger partial charge in [0.05, 0.1) is 17.1 Å². The summed E-state index contributed by atoms with van der Waals surface area (Å²) in [5.74, 6) is -0.527. The third-order valence-corrected chi connectivity index (χ3v) is 4.56. The van der Waals surface area contributed by atoms with Crippen LogP contribution in [0.25, 0.3) is 10.8 Å². The summed E-state index contributed by atoms with van der Waals surface area (Å²) < 4.78 is 0. The molecular weight excluding hydrogens is 348 g/mol. The fourth-order valence-electron chi connectivity index (χ4n) is 2.81. The van der Waals surface area contributed by atoms with Crippen molar-refractivity contribution in [2.24, 2.45) is 0 Å². The van der Waals surface area contributed by atoms with Crippen LogP contribution in [-0.4, -0.2) is 30.3 Å². The van der Waals surface area contributed by atoms with Crippen molar-refractivity contribution in [2.45, 2.75) is 6.54 Å². The molecule has 0 aromatic heterocycles. The largest absolute Gasteiger partial charge is 0.343 e. The number of nitrogens with one attached hydrogen (secondary N) is 1. The molecule has 0 spiro atoms. The SMILES string of the molecule is CN(Cc1cccc2ccccc12)C(=O)CNC(=O)c1ccccc1Cl. The van der Waals surface area contributed by atoms with Crippen LogP contribution < -0.4 is 5.32 Å². The molecule has 4 nitrogen and oxygen atoms in total. The Balaban J connectivity index is 1.63. The number of carbonyl (C=O) groups excluding carboxylic acids is 2. The molecule has 5 heteroatoms. The van der Waals surface area contributed by atoms with Crippen molar-refractivity contribution < 1.29 is 9.59 Å². The maximum absolute atomic E-state index is 12.4. The molecule has 26 heavy (non-hydrogen) atoms. The molecule has 2 amide bonds. The smallest absolute Gasteiger partial charge is 0.253 e. The van der Waals surface area contributed by atoms with Crippen molar-refractivity contribution in [3.05, 3.63) is 82.9 Å². The van der Waals surface area contributed by atoms with E-state index in [4.69, 9.17) is 11.6 Å². The first-order valence-corrected chi connectivity index (χ1v) is 8.67. The number of nitrogens with zero attached hydrogens (tertiary/aromatic N) is 1. The van der Waals surface area contributed by atoms with Crippen LogP contribution in [0.2, 0.25) is 5.02 Å². The lowest BCUT2D eigenvalue weighted by Gasteiger charge is -2.19. The Morgan fingerprint density at radius 1 is 0.962 bits per heavy atom. The third kappa shape index (κ3) is 4.03. The minimum absolute atomic E-state index is 0.0781. The zero-order valence-electron chi connectivity index (χ0n) is 14.4. The second-order valence-corrected chi connectivity index (χ2v) is 6.46. The van der Waals surface area contributed by atoms with Gasteiger partial charge in [-0.25, -0.2) is 0 Å². The van der Waals surface area contributed by atoms with Gasteiger partial charge in [-0.05, 0) is 28.5 Å². The number of fused-ring (bicyclic) bond motifs is 1. The van der Waals surface area contributed by atoms with Gasteiger partial charge in [0.25, 0.3) is 5.91 Å². The summed E-state index contributed by atoms with van der Waals surface area (Å²) in [5.41, 5.74) is 1.43. The quantitative estimate of drug-likeness (QED) is 0.745. The van der Waals surface area contributed by atoms with E-state index in [1.165, 1.54) is 0 Å². The molecule has 0 aliphatic heterocycles. The number of hydrogen-bond acceptors (Lipinski definition) is 2. The summed E-state index contributed by atoms with van der Waals surface area (Å²) in [7, 11) is 1.73. The molecule has 132 valence electrons. The van der Waals surface area contributed by atoms with Gasteiger partial charge >= 0.3 is 0 Å². The van der Waals surface area contributed by atoms with Crippen molar-refractivity contribution in [1.82, 2.24) is 10.2 Å². The van der Waals surface area contributed by atoms with Crippen molar-refractivity contribution >= 4 is 34.2 Å². The van der Waals surface area contributed by atoms with Crippen molar-refractivity contribution in [3.8, 4) is 0 Å². The van der Waals surface area contributed by atoms with Crippen LogP contribution >= 0.6 is 11.6 Å². The first-order chi connectivity index (χ1) is 12.6. The van der Waals surface area contributed by atoms with Gasteiger partial charge in [0, 0.05) is 13.6 Å². The van der Waals surface area contributed by atoms with E-state index in [0.29, 0.717) is 17.1 Å². The highest BCUT2D eigenvalue weighted by Crippen LogP contribution is 2.19. The molecular formula is C21H19ClN2O2. The van der Waals surface area contributed by atoms with Gasteiger partial charge in [-0.3, -0.25) is 9.59 Å². The van der Waals surface area contributed by atoms with Crippen LogP contribution in [0.1, 0.15) is 15.9 Å². The van der Waals surface area contributed by atoms with E-state index in [9.17, 15) is 9.59 Å². The van der Waals surface area contributed by atoms with E-state index in [-0.39, 0.29) is 18.4 Å². The number of hydrogen-bond donors (Lipinski definition) is 1. The first-order valence-electron chi connectivity index (χ1n) is 8.29. The predicted molar refractivity (Wildman–Crippen MR) is 104 cm³/mol. The molecule has 0 aliphatic rings. The maximum Gasteiger partial charge on any atom is 0.253 e. The van der Waals surface area contributed by atoms with Gasteiger partial charge in [-0.1, -0.05) is 66.2 Å². The molecule has 0 saturated heterocycles. The van der Waals surface area contributed by atoms with Crippen molar-refractivity contribution in [3.63, 3.8) is 0 Å². The highest BCUT2D eigenvalue weighted by atomic mass is 35.5. The lowest BCUT2D eigenvalue weighted by Crippen LogP contribution is -2.37. The van der Waals surface area contributed by atoms with Crippen LogP contribution in [0.4, 0.5) is 0 Å². The summed E-state index contributed by atoms with van der Waals surface area (Å²) in [5, 5.41) is 5.25. The van der Waals surface area contributed by atoms with Crippen molar-refractivity contribution in [1.29, 1.82) is 0 Å². The molecule has 1 N–H and O–H groups in total. The van der Waals surface area contributed by atoms with E-state index in [1.54, 1.807) is 36.2 Å². The number of benzene rings is 3. The predicted octanol–water partition coefficient (Wildman–Crippen LogP) is 3.88. The van der Waals surface area contributed by atoms with Crippen LogP contribution in [0.3, 0.4) is 0 Å². The minimum Gasteiger partial charge on any atom is -0.343 e. The Kier molecular flexibility index (Phi) is 5.54. The lowest BCUT2D eigenvalue weighted by atomic mass is 10.0. The lowest BCUT2D eigenvalue weighted by molar-refractivity contribution is -0.129. The number of amides is 2. The van der Waals surface area contributed by atoms with Gasteiger partial charge in [0.2, 0.25) is 5.91 Å². The fourth-order valence-corrected chi connectivity index (χ4v) is 3.03. The average molecular weight is 367 g/mol. The molecule has 0 heterocycles. The van der Waals surface area contributed by atoms with Crippen LogP contribution in [0.5, 0.6) is 0 Å². The summed E-state index contributed by atoms with van der Waals surface area (Å²) >= 11 is 6.00. The molecule has 0 radical (unpaired) electrons. The van der Waals surface area contributed by atoms with Gasteiger partial charge in [-0.15, -0.1) is 0 Å². The zero-order valence-corrected chi connectivity index (χ0v) is 15.2. The fraction of sp³-hybridized carbons (Fsp3) is 0.143. The van der Waals surface area contributed by atoms with Gasteiger partial charge in [0.15, 0.2) is 0 Å². The minimum atomic E-state index is -0.359. The average Bonchev–Trinajstić information content (AvgIpc) is 2.66. The Bertz CT molecular complexity index is 950. The Hall–Kier alpha value is -2.85. The maximum atomic E-state index is 12.4. The van der Waals surface area contributed by atoms with Crippen LogP contribution in [0.15, 0.2) is 66.7 Å². The van der Waals surface area contributed by atoms with Gasteiger partial charge < -0.3 is 10.2 Å². The van der Waals surface area contributed by atoms with E-state index in [1.807, 2.05) is 42.5 Å². The van der Waals surface area contributed by atoms with Gasteiger partial charge in [0.1, 0.15) is 0 Å². The van der Waals surface area contributed by atoms with E-state index >= 15 is 0 Å². The number of halogens is 1. The highest BCUT2D eigenvalue weighted by Gasteiger charge is 2.14. The number of rotatable bonds is 5. The van der Waals surface area contributed by atoms with Crippen molar-refractivity contribution in [2.75, 3.05) is 13.6 Å². The van der Waals surface area contributed by atoms with E-state index in [2.05, 4.69) is 5.32 Å². The Morgan fingerprint density at radius 2 is 1.65 bits per heavy atom. The molecule has 0 aliphatic carbocycles. The van der Waals surface area contributed by atoms with Crippen LogP contribution in [0, 0.1) is 0 Å². The topological polar surface area (TPSA) is 49.4 Å². The normalized spacial score (nSPS) is 10.5. The summed E-state index contributed by atoms with van der Waals surface area (Å²) in [4.78, 5) is 26.1. The van der Waals surface area contributed by atoms with Crippen LogP contribution in [-0.2, 0) is 11.3 Å². The summed E-state index contributed by atoms with van der Waals surface area (Å²) in [6.45, 7) is 0.396. The molecule has 3 aromatic carbocycles. The monoisotopic (exact) mass is 366 g/mol. The number of carbonyl (C=O) groups is 2. The standard InChI is InChI=1S/C21H19ClN2O2/c1-24(14-16-9-6-8-15-7-2-3-10-17(15)16)20(25)13-23-21(26)18-11-4-5-12-19(18)22/h2-12H,13-14H2,1H3,(H,23,26). The Labute approximate surface area is 157 Å². The molecule has 3 aromatic rings. The van der Waals surface area contributed by atoms with E-state index < -0.39 is 0 Å².